The van der Waals surface area contributed by atoms with Gasteiger partial charge in [-0.15, -0.1) is 0 Å². The highest BCUT2D eigenvalue weighted by atomic mass is 16.2. The molecule has 1 rings (SSSR count). The number of amides is 1. The molecule has 0 aliphatic rings. The lowest BCUT2D eigenvalue weighted by atomic mass is 10.1. The Balaban J connectivity index is 2.74. The SMILES string of the molecule is CN(C)CCCNc1cc(N)ccc1C(=O)N(C)C. The van der Waals surface area contributed by atoms with E-state index in [0.717, 1.165) is 25.2 Å². The van der Waals surface area contributed by atoms with E-state index >= 15 is 0 Å². The quantitative estimate of drug-likeness (QED) is 0.601. The third-order valence-corrected chi connectivity index (χ3v) is 2.78. The monoisotopic (exact) mass is 264 g/mol. The summed E-state index contributed by atoms with van der Waals surface area (Å²) in [7, 11) is 7.58. The molecule has 3 N–H and O–H groups in total. The molecule has 106 valence electrons. The van der Waals surface area contributed by atoms with E-state index in [2.05, 4.69) is 10.2 Å². The van der Waals surface area contributed by atoms with Gasteiger partial charge in [-0.05, 0) is 45.3 Å². The molecule has 0 aliphatic carbocycles. The van der Waals surface area contributed by atoms with Crippen molar-refractivity contribution in [2.24, 2.45) is 0 Å². The molecule has 0 aromatic heterocycles. The molecule has 0 heterocycles. The highest BCUT2D eigenvalue weighted by Gasteiger charge is 2.13. The number of nitrogens with zero attached hydrogens (tertiary/aromatic N) is 2. The van der Waals surface area contributed by atoms with Crippen LogP contribution in [0.2, 0.25) is 0 Å². The van der Waals surface area contributed by atoms with Gasteiger partial charge in [0.05, 0.1) is 5.56 Å². The summed E-state index contributed by atoms with van der Waals surface area (Å²) in [5.74, 6) is -0.0184. The molecule has 0 saturated heterocycles. The van der Waals surface area contributed by atoms with E-state index in [1.54, 1.807) is 31.1 Å². The Hall–Kier alpha value is -1.75. The first kappa shape index (κ1) is 15.3. The lowest BCUT2D eigenvalue weighted by Gasteiger charge is -2.16. The van der Waals surface area contributed by atoms with Crippen molar-refractivity contribution in [3.8, 4) is 0 Å². The third-order valence-electron chi connectivity index (χ3n) is 2.78. The van der Waals surface area contributed by atoms with Crippen LogP contribution in [0.1, 0.15) is 16.8 Å². The first-order valence-electron chi connectivity index (χ1n) is 6.41. The molecule has 0 saturated carbocycles. The van der Waals surface area contributed by atoms with Crippen LogP contribution in [0.25, 0.3) is 0 Å². The first-order valence-corrected chi connectivity index (χ1v) is 6.41. The van der Waals surface area contributed by atoms with E-state index in [9.17, 15) is 4.79 Å². The number of hydrogen-bond acceptors (Lipinski definition) is 4. The fraction of sp³-hybridized carbons (Fsp3) is 0.500. The minimum Gasteiger partial charge on any atom is -0.399 e. The average molecular weight is 264 g/mol. The predicted molar refractivity (Wildman–Crippen MR) is 80.5 cm³/mol. The lowest BCUT2D eigenvalue weighted by Crippen LogP contribution is -2.23. The van der Waals surface area contributed by atoms with Crippen LogP contribution in [-0.4, -0.2) is 57.0 Å². The van der Waals surface area contributed by atoms with Crippen LogP contribution in [-0.2, 0) is 0 Å². The van der Waals surface area contributed by atoms with Gasteiger partial charge in [-0.1, -0.05) is 0 Å². The maximum absolute atomic E-state index is 12.1. The Kier molecular flexibility index (Phi) is 5.63. The zero-order chi connectivity index (χ0) is 14.4. The number of nitrogen functional groups attached to an aromatic ring is 1. The molecule has 0 atom stereocenters. The maximum Gasteiger partial charge on any atom is 0.255 e. The van der Waals surface area contributed by atoms with E-state index in [-0.39, 0.29) is 5.91 Å². The summed E-state index contributed by atoms with van der Waals surface area (Å²) in [6, 6.07) is 5.33. The average Bonchev–Trinajstić information content (AvgIpc) is 2.33. The van der Waals surface area contributed by atoms with Crippen LogP contribution in [0, 0.1) is 0 Å². The minimum atomic E-state index is -0.0184. The summed E-state index contributed by atoms with van der Waals surface area (Å²) in [5.41, 5.74) is 7.90. The predicted octanol–water partition coefficient (Wildman–Crippen LogP) is 1.33. The van der Waals surface area contributed by atoms with E-state index in [0.29, 0.717) is 11.3 Å². The highest BCUT2D eigenvalue weighted by molar-refractivity contribution is 5.99. The number of benzene rings is 1. The van der Waals surface area contributed by atoms with Crippen molar-refractivity contribution in [3.63, 3.8) is 0 Å². The van der Waals surface area contributed by atoms with Gasteiger partial charge in [-0.25, -0.2) is 0 Å². The van der Waals surface area contributed by atoms with Crippen molar-refractivity contribution >= 4 is 17.3 Å². The molecule has 1 aromatic rings. The van der Waals surface area contributed by atoms with Gasteiger partial charge in [0.1, 0.15) is 0 Å². The minimum absolute atomic E-state index is 0.0184. The Morgan fingerprint density at radius 3 is 2.53 bits per heavy atom. The molecule has 0 fully saturated rings. The van der Waals surface area contributed by atoms with Gasteiger partial charge in [0, 0.05) is 32.0 Å². The van der Waals surface area contributed by atoms with Gasteiger partial charge in [-0.2, -0.15) is 0 Å². The molecule has 0 bridgehead atoms. The van der Waals surface area contributed by atoms with Crippen LogP contribution in [0.15, 0.2) is 18.2 Å². The highest BCUT2D eigenvalue weighted by Crippen LogP contribution is 2.20. The number of carbonyl (C=O) groups is 1. The van der Waals surface area contributed by atoms with Crippen molar-refractivity contribution in [3.05, 3.63) is 23.8 Å². The van der Waals surface area contributed by atoms with Gasteiger partial charge >= 0.3 is 0 Å². The van der Waals surface area contributed by atoms with E-state index in [1.165, 1.54) is 0 Å². The van der Waals surface area contributed by atoms with Crippen molar-refractivity contribution in [1.82, 2.24) is 9.80 Å². The number of anilines is 2. The van der Waals surface area contributed by atoms with E-state index < -0.39 is 0 Å². The number of carbonyl (C=O) groups excluding carboxylic acids is 1. The van der Waals surface area contributed by atoms with Crippen LogP contribution < -0.4 is 11.1 Å². The second kappa shape index (κ2) is 6.99. The number of nitrogens with two attached hydrogens (primary N) is 1. The Labute approximate surface area is 115 Å². The van der Waals surface area contributed by atoms with Gasteiger partial charge in [0.2, 0.25) is 0 Å². The molecule has 1 amide bonds. The molecule has 19 heavy (non-hydrogen) atoms. The van der Waals surface area contributed by atoms with Crippen molar-refractivity contribution in [2.75, 3.05) is 52.3 Å². The number of hydrogen-bond donors (Lipinski definition) is 2. The molecule has 1 aromatic carbocycles. The molecule has 0 aliphatic heterocycles. The molecule has 5 heteroatoms. The zero-order valence-corrected chi connectivity index (χ0v) is 12.2. The van der Waals surface area contributed by atoms with Crippen LogP contribution in [0.4, 0.5) is 11.4 Å². The lowest BCUT2D eigenvalue weighted by molar-refractivity contribution is 0.0828. The fourth-order valence-electron chi connectivity index (χ4n) is 1.75. The fourth-order valence-corrected chi connectivity index (χ4v) is 1.75. The molecular weight excluding hydrogens is 240 g/mol. The van der Waals surface area contributed by atoms with Crippen LogP contribution in [0.5, 0.6) is 0 Å². The summed E-state index contributed by atoms with van der Waals surface area (Å²) < 4.78 is 0. The van der Waals surface area contributed by atoms with Gasteiger partial charge < -0.3 is 20.9 Å². The van der Waals surface area contributed by atoms with Crippen molar-refractivity contribution < 1.29 is 4.79 Å². The van der Waals surface area contributed by atoms with Gasteiger partial charge in [0.25, 0.3) is 5.91 Å². The number of nitrogens with one attached hydrogen (secondary N) is 1. The zero-order valence-electron chi connectivity index (χ0n) is 12.2. The Bertz CT molecular complexity index is 429. The Morgan fingerprint density at radius 1 is 1.26 bits per heavy atom. The van der Waals surface area contributed by atoms with Gasteiger partial charge in [0.15, 0.2) is 0 Å². The third kappa shape index (κ3) is 4.79. The summed E-state index contributed by atoms with van der Waals surface area (Å²) in [4.78, 5) is 15.8. The normalized spacial score (nSPS) is 10.6. The van der Waals surface area contributed by atoms with Crippen molar-refractivity contribution in [2.45, 2.75) is 6.42 Å². The summed E-state index contributed by atoms with van der Waals surface area (Å²) in [6.07, 6.45) is 1.01. The van der Waals surface area contributed by atoms with Gasteiger partial charge in [-0.3, -0.25) is 4.79 Å². The van der Waals surface area contributed by atoms with Crippen LogP contribution >= 0.6 is 0 Å². The molecule has 0 unspecified atom stereocenters. The summed E-state index contributed by atoms with van der Waals surface area (Å²) in [5, 5.41) is 3.29. The second-order valence-corrected chi connectivity index (χ2v) is 5.09. The Morgan fingerprint density at radius 2 is 1.95 bits per heavy atom. The topological polar surface area (TPSA) is 61.6 Å². The first-order chi connectivity index (χ1) is 8.91. The maximum atomic E-state index is 12.1. The largest absolute Gasteiger partial charge is 0.399 e. The van der Waals surface area contributed by atoms with Crippen LogP contribution in [0.3, 0.4) is 0 Å². The standard InChI is InChI=1S/C14H24N4O/c1-17(2)9-5-8-16-13-10-11(15)6-7-12(13)14(19)18(3)4/h6-7,10,16H,5,8-9,15H2,1-4H3. The summed E-state index contributed by atoms with van der Waals surface area (Å²) in [6.45, 7) is 1.82. The van der Waals surface area contributed by atoms with E-state index in [4.69, 9.17) is 5.73 Å². The van der Waals surface area contributed by atoms with Crippen molar-refractivity contribution in [1.29, 1.82) is 0 Å². The molecule has 5 nitrogen and oxygen atoms in total. The second-order valence-electron chi connectivity index (χ2n) is 5.09. The molecule has 0 radical (unpaired) electrons. The summed E-state index contributed by atoms with van der Waals surface area (Å²) >= 11 is 0. The number of rotatable bonds is 6. The smallest absolute Gasteiger partial charge is 0.255 e. The molecular formula is C14H24N4O. The van der Waals surface area contributed by atoms with E-state index in [1.807, 2.05) is 20.2 Å². The molecule has 0 spiro atoms.